The van der Waals surface area contributed by atoms with Gasteiger partial charge in [0.25, 0.3) is 0 Å². The molecular weight excluding hydrogens is 320 g/mol. The maximum Gasteiger partial charge on any atom is 0.221 e. The first-order chi connectivity index (χ1) is 12.1. The van der Waals surface area contributed by atoms with Crippen LogP contribution in [0.2, 0.25) is 0 Å². The lowest BCUT2D eigenvalue weighted by atomic mass is 10.2. The van der Waals surface area contributed by atoms with Crippen molar-refractivity contribution in [3.8, 4) is 17.6 Å². The molecule has 6 nitrogen and oxygen atoms in total. The molecule has 2 aromatic carbocycles. The predicted molar refractivity (Wildman–Crippen MR) is 93.5 cm³/mol. The third kappa shape index (κ3) is 6.53. The number of hydrogen-bond donors (Lipinski definition) is 2. The molecule has 1 amide bonds. The standard InChI is InChI=1S/C19H20N2O4/c1-14(22)21-16-4-8-19(9-5-16)25-13-17(23)12-24-18-6-2-15(3-7-18)10-11-20/h2-9,17,23H,10,12-13H2,1H3,(H,21,22). The second-order valence-corrected chi connectivity index (χ2v) is 5.46. The van der Waals surface area contributed by atoms with E-state index in [1.807, 2.05) is 12.1 Å². The van der Waals surface area contributed by atoms with Crippen molar-refractivity contribution >= 4 is 11.6 Å². The Morgan fingerprint density at radius 2 is 1.60 bits per heavy atom. The molecule has 0 saturated carbocycles. The lowest BCUT2D eigenvalue weighted by Crippen LogP contribution is -2.25. The van der Waals surface area contributed by atoms with E-state index >= 15 is 0 Å². The van der Waals surface area contributed by atoms with Crippen molar-refractivity contribution in [1.82, 2.24) is 0 Å². The smallest absolute Gasteiger partial charge is 0.221 e. The highest BCUT2D eigenvalue weighted by Gasteiger charge is 2.07. The quantitative estimate of drug-likeness (QED) is 0.770. The fourth-order valence-corrected chi connectivity index (χ4v) is 2.07. The molecule has 2 rings (SSSR count). The molecule has 0 heterocycles. The summed E-state index contributed by atoms with van der Waals surface area (Å²) in [6, 6.07) is 16.1. The van der Waals surface area contributed by atoms with Gasteiger partial charge in [0.05, 0.1) is 12.5 Å². The van der Waals surface area contributed by atoms with Crippen molar-refractivity contribution in [1.29, 1.82) is 5.26 Å². The molecule has 0 aliphatic heterocycles. The molecular formula is C19H20N2O4. The molecule has 1 atom stereocenters. The lowest BCUT2D eigenvalue weighted by Gasteiger charge is -2.14. The van der Waals surface area contributed by atoms with Gasteiger partial charge in [0.1, 0.15) is 30.8 Å². The molecule has 0 fully saturated rings. The Morgan fingerprint density at radius 3 is 2.08 bits per heavy atom. The average Bonchev–Trinajstić information content (AvgIpc) is 2.60. The topological polar surface area (TPSA) is 91.6 Å². The Morgan fingerprint density at radius 1 is 1.08 bits per heavy atom. The zero-order valence-electron chi connectivity index (χ0n) is 13.9. The Kier molecular flexibility index (Phi) is 6.81. The maximum atomic E-state index is 10.9. The predicted octanol–water partition coefficient (Wildman–Crippen LogP) is 2.53. The summed E-state index contributed by atoms with van der Waals surface area (Å²) in [7, 11) is 0. The normalized spacial score (nSPS) is 11.2. The van der Waals surface area contributed by atoms with E-state index in [9.17, 15) is 9.90 Å². The molecule has 1 unspecified atom stereocenters. The number of ether oxygens (including phenoxy) is 2. The second kappa shape index (κ2) is 9.30. The largest absolute Gasteiger partial charge is 0.491 e. The summed E-state index contributed by atoms with van der Waals surface area (Å²) in [5.41, 5.74) is 1.60. The fourth-order valence-electron chi connectivity index (χ4n) is 2.07. The van der Waals surface area contributed by atoms with E-state index in [2.05, 4.69) is 11.4 Å². The van der Waals surface area contributed by atoms with Crippen LogP contribution in [0.1, 0.15) is 12.5 Å². The molecule has 25 heavy (non-hydrogen) atoms. The van der Waals surface area contributed by atoms with Gasteiger partial charge in [0.2, 0.25) is 5.91 Å². The minimum Gasteiger partial charge on any atom is -0.491 e. The van der Waals surface area contributed by atoms with E-state index in [4.69, 9.17) is 14.7 Å². The highest BCUT2D eigenvalue weighted by atomic mass is 16.5. The Hall–Kier alpha value is -3.04. The lowest BCUT2D eigenvalue weighted by molar-refractivity contribution is -0.114. The summed E-state index contributed by atoms with van der Waals surface area (Å²) in [4.78, 5) is 10.9. The maximum absolute atomic E-state index is 10.9. The first kappa shape index (κ1) is 18.3. The average molecular weight is 340 g/mol. The molecule has 0 aromatic heterocycles. The summed E-state index contributed by atoms with van der Waals surface area (Å²) in [5, 5.41) is 21.2. The van der Waals surface area contributed by atoms with Gasteiger partial charge in [-0.25, -0.2) is 0 Å². The van der Waals surface area contributed by atoms with Crippen LogP contribution in [0.25, 0.3) is 0 Å². The van der Waals surface area contributed by atoms with Crippen LogP contribution >= 0.6 is 0 Å². The first-order valence-corrected chi connectivity index (χ1v) is 7.84. The Balaban J connectivity index is 1.74. The van der Waals surface area contributed by atoms with Gasteiger partial charge in [0.15, 0.2) is 0 Å². The van der Waals surface area contributed by atoms with E-state index in [1.54, 1.807) is 36.4 Å². The van der Waals surface area contributed by atoms with Gasteiger partial charge in [-0.05, 0) is 42.0 Å². The zero-order valence-corrected chi connectivity index (χ0v) is 13.9. The minimum atomic E-state index is -0.784. The van der Waals surface area contributed by atoms with Gasteiger partial charge in [-0.15, -0.1) is 0 Å². The van der Waals surface area contributed by atoms with E-state index in [0.29, 0.717) is 23.6 Å². The van der Waals surface area contributed by atoms with E-state index < -0.39 is 6.10 Å². The third-order valence-electron chi connectivity index (χ3n) is 3.27. The van der Waals surface area contributed by atoms with Crippen LogP contribution in [0.3, 0.4) is 0 Å². The zero-order chi connectivity index (χ0) is 18.1. The van der Waals surface area contributed by atoms with Gasteiger partial charge in [-0.3, -0.25) is 4.79 Å². The van der Waals surface area contributed by atoms with E-state index in [1.165, 1.54) is 6.92 Å². The number of amides is 1. The number of carbonyl (C=O) groups is 1. The molecule has 2 N–H and O–H groups in total. The SMILES string of the molecule is CC(=O)Nc1ccc(OCC(O)COc2ccc(CC#N)cc2)cc1. The van der Waals surface area contributed by atoms with Gasteiger partial charge in [0, 0.05) is 12.6 Å². The minimum absolute atomic E-state index is 0.0893. The molecule has 2 aromatic rings. The van der Waals surface area contributed by atoms with Crippen molar-refractivity contribution in [2.75, 3.05) is 18.5 Å². The van der Waals surface area contributed by atoms with Crippen LogP contribution in [-0.2, 0) is 11.2 Å². The van der Waals surface area contributed by atoms with Crippen LogP contribution in [0, 0.1) is 11.3 Å². The van der Waals surface area contributed by atoms with Gasteiger partial charge in [-0.2, -0.15) is 5.26 Å². The van der Waals surface area contributed by atoms with Crippen molar-refractivity contribution in [2.45, 2.75) is 19.4 Å². The molecule has 6 heteroatoms. The fraction of sp³-hybridized carbons (Fsp3) is 0.263. The van der Waals surface area contributed by atoms with Crippen molar-refractivity contribution in [3.63, 3.8) is 0 Å². The van der Waals surface area contributed by atoms with E-state index in [0.717, 1.165) is 5.56 Å². The van der Waals surface area contributed by atoms with Gasteiger partial charge >= 0.3 is 0 Å². The second-order valence-electron chi connectivity index (χ2n) is 5.46. The van der Waals surface area contributed by atoms with Gasteiger partial charge in [-0.1, -0.05) is 12.1 Å². The molecule has 130 valence electrons. The third-order valence-corrected chi connectivity index (χ3v) is 3.27. The van der Waals surface area contributed by atoms with Crippen LogP contribution < -0.4 is 14.8 Å². The summed E-state index contributed by atoms with van der Waals surface area (Å²) in [6.07, 6.45) is -0.425. The number of nitrogens with one attached hydrogen (secondary N) is 1. The summed E-state index contributed by atoms with van der Waals surface area (Å²) >= 11 is 0. The van der Waals surface area contributed by atoms with Gasteiger partial charge < -0.3 is 19.9 Å². The molecule has 0 bridgehead atoms. The number of benzene rings is 2. The van der Waals surface area contributed by atoms with Crippen LogP contribution in [-0.4, -0.2) is 30.3 Å². The molecule has 0 saturated heterocycles. The number of hydrogen-bond acceptors (Lipinski definition) is 5. The Bertz CT molecular complexity index is 721. The summed E-state index contributed by atoms with van der Waals surface area (Å²) in [6.45, 7) is 1.63. The number of anilines is 1. The number of nitriles is 1. The summed E-state index contributed by atoms with van der Waals surface area (Å²) in [5.74, 6) is 1.08. The summed E-state index contributed by atoms with van der Waals surface area (Å²) < 4.78 is 11.0. The monoisotopic (exact) mass is 340 g/mol. The van der Waals surface area contributed by atoms with Crippen LogP contribution in [0.4, 0.5) is 5.69 Å². The van der Waals surface area contributed by atoms with Crippen molar-refractivity contribution < 1.29 is 19.4 Å². The van der Waals surface area contributed by atoms with Crippen molar-refractivity contribution in [3.05, 3.63) is 54.1 Å². The van der Waals surface area contributed by atoms with E-state index in [-0.39, 0.29) is 19.1 Å². The number of nitrogens with zero attached hydrogens (tertiary/aromatic N) is 1. The number of aliphatic hydroxyl groups excluding tert-OH is 1. The van der Waals surface area contributed by atoms with Crippen LogP contribution in [0.5, 0.6) is 11.5 Å². The molecule has 0 aliphatic rings. The van der Waals surface area contributed by atoms with Crippen molar-refractivity contribution in [2.24, 2.45) is 0 Å². The molecule has 0 spiro atoms. The Labute approximate surface area is 146 Å². The van der Waals surface area contributed by atoms with Crippen LogP contribution in [0.15, 0.2) is 48.5 Å². The highest BCUT2D eigenvalue weighted by molar-refractivity contribution is 5.88. The number of carbonyl (C=O) groups excluding carboxylic acids is 1. The number of rotatable bonds is 8. The highest BCUT2D eigenvalue weighted by Crippen LogP contribution is 2.16. The number of aliphatic hydroxyl groups is 1. The first-order valence-electron chi connectivity index (χ1n) is 7.84. The molecule has 0 radical (unpaired) electrons. The molecule has 0 aliphatic carbocycles.